The van der Waals surface area contributed by atoms with Crippen LogP contribution in [0, 0.1) is 11.3 Å². The Morgan fingerprint density at radius 1 is 1.00 bits per heavy atom. The van der Waals surface area contributed by atoms with Crippen LogP contribution in [0.3, 0.4) is 0 Å². The molecule has 23 heavy (non-hydrogen) atoms. The number of hydrogen-bond donors (Lipinski definition) is 1. The summed E-state index contributed by atoms with van der Waals surface area (Å²) in [6.45, 7) is 0.537. The van der Waals surface area contributed by atoms with E-state index >= 15 is 0 Å². The fourth-order valence-corrected chi connectivity index (χ4v) is 2.08. The lowest BCUT2D eigenvalue weighted by atomic mass is 10.2. The summed E-state index contributed by atoms with van der Waals surface area (Å²) in [5.74, 6) is 1.29. The summed E-state index contributed by atoms with van der Waals surface area (Å²) in [7, 11) is 0. The standard InChI is InChI=1S/C17H14N6/c18-6-2-8-21-16-11-15(14-3-1-7-20-12-14)22-17(23-16)13-4-9-19-10-5-13/h1,3-5,7,9-12H,2,8H2,(H,21,22,23). The maximum atomic E-state index is 8.67. The lowest BCUT2D eigenvalue weighted by Gasteiger charge is -2.09. The van der Waals surface area contributed by atoms with Gasteiger partial charge >= 0.3 is 0 Å². The van der Waals surface area contributed by atoms with Crippen molar-refractivity contribution in [3.05, 3.63) is 55.1 Å². The molecule has 0 aliphatic rings. The van der Waals surface area contributed by atoms with Gasteiger partial charge in [0.15, 0.2) is 5.82 Å². The zero-order valence-corrected chi connectivity index (χ0v) is 12.3. The van der Waals surface area contributed by atoms with Gasteiger partial charge in [0.05, 0.1) is 18.2 Å². The van der Waals surface area contributed by atoms with Gasteiger partial charge in [-0.2, -0.15) is 5.26 Å². The lowest BCUT2D eigenvalue weighted by Crippen LogP contribution is -2.05. The van der Waals surface area contributed by atoms with Crippen LogP contribution in [0.2, 0.25) is 0 Å². The Morgan fingerprint density at radius 2 is 1.87 bits per heavy atom. The van der Waals surface area contributed by atoms with E-state index in [1.807, 2.05) is 30.3 Å². The van der Waals surface area contributed by atoms with Gasteiger partial charge in [-0.25, -0.2) is 9.97 Å². The highest BCUT2D eigenvalue weighted by molar-refractivity contribution is 5.66. The molecule has 3 rings (SSSR count). The number of anilines is 1. The zero-order chi connectivity index (χ0) is 15.9. The van der Waals surface area contributed by atoms with Gasteiger partial charge in [0.1, 0.15) is 5.82 Å². The predicted octanol–water partition coefficient (Wildman–Crippen LogP) is 2.93. The summed E-state index contributed by atoms with van der Waals surface area (Å²) in [6, 6.07) is 11.5. The van der Waals surface area contributed by atoms with Crippen molar-refractivity contribution in [2.45, 2.75) is 6.42 Å². The van der Waals surface area contributed by atoms with Crippen LogP contribution in [0.25, 0.3) is 22.6 Å². The average molecular weight is 302 g/mol. The molecule has 0 amide bonds. The van der Waals surface area contributed by atoms with Crippen molar-refractivity contribution in [1.82, 2.24) is 19.9 Å². The van der Waals surface area contributed by atoms with E-state index in [4.69, 9.17) is 5.26 Å². The van der Waals surface area contributed by atoms with Gasteiger partial charge in [-0.15, -0.1) is 0 Å². The Labute approximate surface area is 133 Å². The van der Waals surface area contributed by atoms with E-state index in [0.717, 1.165) is 16.8 Å². The number of nitrogens with zero attached hydrogens (tertiary/aromatic N) is 5. The number of hydrogen-bond acceptors (Lipinski definition) is 6. The Morgan fingerprint density at radius 3 is 2.61 bits per heavy atom. The second kappa shape index (κ2) is 7.09. The van der Waals surface area contributed by atoms with Gasteiger partial charge in [0.2, 0.25) is 0 Å². The molecular weight excluding hydrogens is 288 g/mol. The second-order valence-corrected chi connectivity index (χ2v) is 4.77. The van der Waals surface area contributed by atoms with Crippen LogP contribution in [0.4, 0.5) is 5.82 Å². The molecule has 0 fully saturated rings. The molecule has 0 saturated carbocycles. The third-order valence-corrected chi connectivity index (χ3v) is 3.16. The normalized spacial score (nSPS) is 10.0. The molecule has 3 heterocycles. The van der Waals surface area contributed by atoms with Crippen molar-refractivity contribution < 1.29 is 0 Å². The molecule has 6 heteroatoms. The fourth-order valence-electron chi connectivity index (χ4n) is 2.08. The Kier molecular flexibility index (Phi) is 4.50. The van der Waals surface area contributed by atoms with E-state index in [1.54, 1.807) is 24.8 Å². The first kappa shape index (κ1) is 14.6. The molecular formula is C17H14N6. The molecule has 0 atom stereocenters. The highest BCUT2D eigenvalue weighted by Gasteiger charge is 2.08. The van der Waals surface area contributed by atoms with Gasteiger partial charge in [-0.05, 0) is 24.3 Å². The number of aromatic nitrogens is 4. The molecule has 3 aromatic rings. The highest BCUT2D eigenvalue weighted by Crippen LogP contribution is 2.23. The first-order valence-corrected chi connectivity index (χ1v) is 7.17. The maximum Gasteiger partial charge on any atom is 0.162 e. The van der Waals surface area contributed by atoms with Crippen LogP contribution in [0.15, 0.2) is 55.1 Å². The highest BCUT2D eigenvalue weighted by atomic mass is 15.0. The molecule has 0 bridgehead atoms. The quantitative estimate of drug-likeness (QED) is 0.729. The molecule has 0 radical (unpaired) electrons. The molecule has 0 saturated heterocycles. The van der Waals surface area contributed by atoms with E-state index in [2.05, 4.69) is 31.3 Å². The average Bonchev–Trinajstić information content (AvgIpc) is 2.63. The van der Waals surface area contributed by atoms with Gasteiger partial charge in [-0.3, -0.25) is 9.97 Å². The summed E-state index contributed by atoms with van der Waals surface area (Å²) in [6.07, 6.45) is 7.31. The summed E-state index contributed by atoms with van der Waals surface area (Å²) < 4.78 is 0. The largest absolute Gasteiger partial charge is 0.369 e. The van der Waals surface area contributed by atoms with E-state index in [-0.39, 0.29) is 0 Å². The minimum atomic E-state index is 0.414. The van der Waals surface area contributed by atoms with Crippen LogP contribution in [-0.2, 0) is 0 Å². The van der Waals surface area contributed by atoms with Gasteiger partial charge in [-0.1, -0.05) is 0 Å². The van der Waals surface area contributed by atoms with Gasteiger partial charge in [0.25, 0.3) is 0 Å². The van der Waals surface area contributed by atoms with Crippen LogP contribution in [0.1, 0.15) is 6.42 Å². The van der Waals surface area contributed by atoms with Crippen LogP contribution in [-0.4, -0.2) is 26.5 Å². The van der Waals surface area contributed by atoms with Crippen molar-refractivity contribution in [2.75, 3.05) is 11.9 Å². The lowest BCUT2D eigenvalue weighted by molar-refractivity contribution is 1.04. The van der Waals surface area contributed by atoms with Crippen molar-refractivity contribution >= 4 is 5.82 Å². The second-order valence-electron chi connectivity index (χ2n) is 4.77. The van der Waals surface area contributed by atoms with Gasteiger partial charge < -0.3 is 5.32 Å². The van der Waals surface area contributed by atoms with Crippen molar-refractivity contribution in [2.24, 2.45) is 0 Å². The summed E-state index contributed by atoms with van der Waals surface area (Å²) in [5, 5.41) is 11.8. The van der Waals surface area contributed by atoms with E-state index in [0.29, 0.717) is 24.6 Å². The molecule has 1 N–H and O–H groups in total. The smallest absolute Gasteiger partial charge is 0.162 e. The topological polar surface area (TPSA) is 87.4 Å². The Hall–Kier alpha value is -3.33. The van der Waals surface area contributed by atoms with E-state index in [9.17, 15) is 0 Å². The van der Waals surface area contributed by atoms with Gasteiger partial charge in [0, 0.05) is 48.5 Å². The zero-order valence-electron chi connectivity index (χ0n) is 12.3. The third kappa shape index (κ3) is 3.66. The molecule has 0 aromatic carbocycles. The molecule has 6 nitrogen and oxygen atoms in total. The summed E-state index contributed by atoms with van der Waals surface area (Å²) >= 11 is 0. The first-order chi connectivity index (χ1) is 11.4. The predicted molar refractivity (Wildman–Crippen MR) is 87.2 cm³/mol. The van der Waals surface area contributed by atoms with Crippen LogP contribution in [0.5, 0.6) is 0 Å². The Balaban J connectivity index is 2.02. The Bertz CT molecular complexity index is 754. The minimum absolute atomic E-state index is 0.414. The monoisotopic (exact) mass is 302 g/mol. The van der Waals surface area contributed by atoms with Crippen molar-refractivity contribution in [3.63, 3.8) is 0 Å². The third-order valence-electron chi connectivity index (χ3n) is 3.16. The van der Waals surface area contributed by atoms with E-state index in [1.165, 1.54) is 0 Å². The molecule has 3 aromatic heterocycles. The summed E-state index contributed by atoms with van der Waals surface area (Å²) in [5.41, 5.74) is 2.57. The molecule has 0 spiro atoms. The molecule has 0 aliphatic heterocycles. The minimum Gasteiger partial charge on any atom is -0.369 e. The number of pyridine rings is 2. The summed E-state index contributed by atoms with van der Waals surface area (Å²) in [4.78, 5) is 17.3. The SMILES string of the molecule is N#CCCNc1cc(-c2cccnc2)nc(-c2ccncc2)n1. The number of rotatable bonds is 5. The number of nitrogens with one attached hydrogen (secondary N) is 1. The molecule has 112 valence electrons. The van der Waals surface area contributed by atoms with Crippen LogP contribution >= 0.6 is 0 Å². The fraction of sp³-hybridized carbons (Fsp3) is 0.118. The van der Waals surface area contributed by atoms with Crippen molar-refractivity contribution in [3.8, 4) is 28.7 Å². The van der Waals surface area contributed by atoms with E-state index < -0.39 is 0 Å². The maximum absolute atomic E-state index is 8.67. The van der Waals surface area contributed by atoms with Crippen LogP contribution < -0.4 is 5.32 Å². The molecule has 0 aliphatic carbocycles. The number of nitriles is 1. The first-order valence-electron chi connectivity index (χ1n) is 7.17. The van der Waals surface area contributed by atoms with Crippen molar-refractivity contribution in [1.29, 1.82) is 5.26 Å². The molecule has 0 unspecified atom stereocenters.